The molecule has 0 radical (unpaired) electrons. The van der Waals surface area contributed by atoms with E-state index in [1.54, 1.807) is 14.0 Å². The minimum absolute atomic E-state index is 0.00507. The van der Waals surface area contributed by atoms with Gasteiger partial charge in [0.05, 0.1) is 42.9 Å². The molecule has 3 heterocycles. The van der Waals surface area contributed by atoms with Crippen LogP contribution in [-0.2, 0) is 35.0 Å². The summed E-state index contributed by atoms with van der Waals surface area (Å²) in [5.41, 5.74) is 0.784. The summed E-state index contributed by atoms with van der Waals surface area (Å²) >= 11 is 10.8. The number of nitrogens with one attached hydrogen (secondary N) is 1. The van der Waals surface area contributed by atoms with Crippen molar-refractivity contribution in [2.45, 2.75) is 89.9 Å². The fraction of sp³-hybridized carbons (Fsp3) is 0.606. The van der Waals surface area contributed by atoms with Gasteiger partial charge in [-0.1, -0.05) is 55.3 Å². The summed E-state index contributed by atoms with van der Waals surface area (Å²) in [6.07, 6.45) is 3.31. The van der Waals surface area contributed by atoms with Crippen molar-refractivity contribution in [2.24, 2.45) is 11.8 Å². The molecule has 7 atom stereocenters. The lowest BCUT2D eigenvalue weighted by Gasteiger charge is -2.41. The Morgan fingerprint density at radius 1 is 1.24 bits per heavy atom. The van der Waals surface area contributed by atoms with Gasteiger partial charge in [0.15, 0.2) is 0 Å². The summed E-state index contributed by atoms with van der Waals surface area (Å²) in [7, 11) is 1.65. The molecule has 4 rings (SSSR count). The number of fused-ring (bicyclic) bond motifs is 5. The van der Waals surface area contributed by atoms with E-state index in [1.165, 1.54) is 4.90 Å². The summed E-state index contributed by atoms with van der Waals surface area (Å²) in [5, 5.41) is 14.6. The number of thiol groups is 1. The first-order chi connectivity index (χ1) is 21.2. The minimum atomic E-state index is -1.56. The third-order valence-electron chi connectivity index (χ3n) is 9.05. The Hall–Kier alpha value is -2.57. The highest BCUT2D eigenvalue weighted by molar-refractivity contribution is 7.80. The Morgan fingerprint density at radius 3 is 2.69 bits per heavy atom. The number of hydrogen-bond donors (Lipinski definition) is 3. The van der Waals surface area contributed by atoms with E-state index in [0.717, 1.165) is 16.7 Å². The van der Waals surface area contributed by atoms with Crippen molar-refractivity contribution in [2.75, 3.05) is 30.9 Å². The van der Waals surface area contributed by atoms with E-state index in [9.17, 15) is 19.5 Å². The highest BCUT2D eigenvalue weighted by Gasteiger charge is 2.64. The average molecular weight is 665 g/mol. The Morgan fingerprint density at radius 2 is 1.98 bits per heavy atom. The number of benzene rings is 1. The topological polar surface area (TPSA) is 127 Å². The molecule has 0 saturated carbocycles. The number of amides is 2. The van der Waals surface area contributed by atoms with Gasteiger partial charge in [-0.25, -0.2) is 4.79 Å². The van der Waals surface area contributed by atoms with Crippen LogP contribution in [0.25, 0.3) is 0 Å². The lowest BCUT2D eigenvalue weighted by atomic mass is 9.82. The number of rotatable bonds is 6. The molecule has 45 heavy (non-hydrogen) atoms. The number of ether oxygens (including phenoxy) is 4. The van der Waals surface area contributed by atoms with Crippen molar-refractivity contribution in [3.63, 3.8) is 0 Å². The van der Waals surface area contributed by atoms with Crippen molar-refractivity contribution < 1.29 is 38.4 Å². The van der Waals surface area contributed by atoms with E-state index in [4.69, 9.17) is 30.5 Å². The molecule has 12 heteroatoms. The molecule has 3 aliphatic rings. The molecule has 2 fully saturated rings. The van der Waals surface area contributed by atoms with Gasteiger partial charge in [-0.05, 0) is 44.4 Å². The van der Waals surface area contributed by atoms with Crippen LogP contribution >= 0.6 is 24.2 Å². The van der Waals surface area contributed by atoms with Crippen molar-refractivity contribution in [3.8, 4) is 0 Å². The van der Waals surface area contributed by atoms with Crippen LogP contribution in [0.4, 0.5) is 10.5 Å². The zero-order chi connectivity index (χ0) is 33.1. The van der Waals surface area contributed by atoms with E-state index >= 15 is 0 Å². The first-order valence-corrected chi connectivity index (χ1v) is 16.4. The van der Waals surface area contributed by atoms with Gasteiger partial charge in [-0.2, -0.15) is 12.6 Å². The minimum Gasteiger partial charge on any atom is -0.459 e. The predicted octanol–water partition coefficient (Wildman–Crippen LogP) is 4.93. The summed E-state index contributed by atoms with van der Waals surface area (Å²) in [5.74, 6) is -1.15. The molecular formula is C33H45ClN2O8S. The van der Waals surface area contributed by atoms with Gasteiger partial charge in [0.2, 0.25) is 5.91 Å². The van der Waals surface area contributed by atoms with Crippen molar-refractivity contribution >= 4 is 47.9 Å². The van der Waals surface area contributed by atoms with E-state index in [0.29, 0.717) is 29.5 Å². The molecule has 0 aliphatic carbocycles. The fourth-order valence-corrected chi connectivity index (χ4v) is 6.45. The average Bonchev–Trinajstić information content (AvgIpc) is 3.67. The van der Waals surface area contributed by atoms with Crippen LogP contribution in [0, 0.1) is 18.8 Å². The number of carbonyl (C=O) groups is 3. The Bertz CT molecular complexity index is 1350. The fourth-order valence-electron chi connectivity index (χ4n) is 6.09. The van der Waals surface area contributed by atoms with Gasteiger partial charge in [0.25, 0.3) is 0 Å². The van der Waals surface area contributed by atoms with Gasteiger partial charge in [0.1, 0.15) is 23.5 Å². The summed E-state index contributed by atoms with van der Waals surface area (Å²) in [6, 6.07) is 3.88. The van der Waals surface area contributed by atoms with Crippen LogP contribution in [0.5, 0.6) is 0 Å². The van der Waals surface area contributed by atoms with E-state index in [2.05, 4.69) is 17.9 Å². The number of epoxide rings is 1. The Balaban J connectivity index is 1.71. The number of hydrogen-bond acceptors (Lipinski definition) is 9. The summed E-state index contributed by atoms with van der Waals surface area (Å²) in [4.78, 5) is 40.9. The zero-order valence-electron chi connectivity index (χ0n) is 26.8. The molecule has 7 unspecified atom stereocenters. The monoisotopic (exact) mass is 664 g/mol. The molecule has 10 nitrogen and oxygen atoms in total. The van der Waals surface area contributed by atoms with Crippen LogP contribution in [0.3, 0.4) is 0 Å². The van der Waals surface area contributed by atoms with Gasteiger partial charge in [0, 0.05) is 31.1 Å². The number of anilines is 1. The number of aliphatic hydroxyl groups is 1. The molecule has 0 aromatic heterocycles. The molecule has 1 aromatic carbocycles. The summed E-state index contributed by atoms with van der Waals surface area (Å²) in [6.45, 7) is 9.92. The second-order valence-electron chi connectivity index (χ2n) is 12.6. The maximum atomic E-state index is 13.8. The standard InChI is InChI=1S/C33H45ClN2O8S/c1-19-8-7-9-21(3)33(40)18-25(42-31(39)35-33)22(4)30-32(5,44-30)26(43-28(38)10-11-41-12-13-45)17-27(37)36(6)24-16-23(14-19)15-20(2)29(24)34/h7-9,15-16,21-22,25-26,30,40,45H,10-14,17-18H2,1-6H3,(H,35,39)/b9-7+,19-8+. The first-order valence-electron chi connectivity index (χ1n) is 15.3. The third kappa shape index (κ3) is 8.24. The molecule has 3 aliphatic heterocycles. The van der Waals surface area contributed by atoms with E-state index < -0.39 is 53.5 Å². The van der Waals surface area contributed by atoms with Crippen molar-refractivity contribution in [1.82, 2.24) is 5.32 Å². The second-order valence-corrected chi connectivity index (χ2v) is 13.4. The third-order valence-corrected chi connectivity index (χ3v) is 9.72. The highest BCUT2D eigenvalue weighted by Crippen LogP contribution is 2.49. The molecule has 248 valence electrons. The molecule has 0 spiro atoms. The number of allylic oxidation sites excluding steroid dienone is 3. The van der Waals surface area contributed by atoms with E-state index in [1.807, 2.05) is 58.1 Å². The molecular weight excluding hydrogens is 620 g/mol. The van der Waals surface area contributed by atoms with Gasteiger partial charge in [-0.15, -0.1) is 0 Å². The highest BCUT2D eigenvalue weighted by atomic mass is 35.5. The molecule has 1 aromatic rings. The Labute approximate surface area is 275 Å². The number of halogens is 1. The molecule has 2 N–H and O–H groups in total. The number of esters is 1. The summed E-state index contributed by atoms with van der Waals surface area (Å²) < 4.78 is 23.1. The van der Waals surface area contributed by atoms with Gasteiger partial charge >= 0.3 is 12.1 Å². The van der Waals surface area contributed by atoms with Crippen molar-refractivity contribution in [3.05, 3.63) is 52.1 Å². The number of aryl methyl sites for hydroxylation is 1. The maximum absolute atomic E-state index is 13.8. The molecule has 4 bridgehead atoms. The quantitative estimate of drug-likeness (QED) is 0.169. The van der Waals surface area contributed by atoms with Crippen LogP contribution < -0.4 is 10.2 Å². The van der Waals surface area contributed by atoms with Crippen LogP contribution in [0.15, 0.2) is 35.9 Å². The Kier molecular flexibility index (Phi) is 11.3. The lowest BCUT2D eigenvalue weighted by molar-refractivity contribution is -0.154. The van der Waals surface area contributed by atoms with E-state index in [-0.39, 0.29) is 31.8 Å². The number of nitrogens with zero attached hydrogens (tertiary/aromatic N) is 1. The first kappa shape index (κ1) is 35.3. The number of carbonyl (C=O) groups excluding carboxylic acids is 3. The van der Waals surface area contributed by atoms with Crippen LogP contribution in [0.2, 0.25) is 5.02 Å². The molecule has 2 saturated heterocycles. The smallest absolute Gasteiger partial charge is 0.409 e. The second kappa shape index (κ2) is 14.5. The van der Waals surface area contributed by atoms with Crippen LogP contribution in [0.1, 0.15) is 58.1 Å². The maximum Gasteiger partial charge on any atom is 0.409 e. The zero-order valence-corrected chi connectivity index (χ0v) is 28.5. The van der Waals surface area contributed by atoms with Crippen LogP contribution in [-0.4, -0.2) is 78.7 Å². The van der Waals surface area contributed by atoms with Gasteiger partial charge in [-0.3, -0.25) is 14.9 Å². The largest absolute Gasteiger partial charge is 0.459 e. The lowest BCUT2D eigenvalue weighted by Crippen LogP contribution is -2.60. The SMILES string of the molecule is C/C1=C\C=C\C(C)C2(O)CC(OC(=O)N2)C(C)C2OC2(C)C(OC(=O)CCOCCS)CC(=O)N(C)c2cc(cc(C)c2Cl)C1. The normalized spacial score (nSPS) is 34.1. The predicted molar refractivity (Wildman–Crippen MR) is 175 cm³/mol. The van der Waals surface area contributed by atoms with Crippen molar-refractivity contribution in [1.29, 1.82) is 0 Å². The molecule has 2 amide bonds. The van der Waals surface area contributed by atoms with Gasteiger partial charge < -0.3 is 29.0 Å². The number of alkyl carbamates (subject to hydrolysis) is 1.